The van der Waals surface area contributed by atoms with Gasteiger partial charge in [0.15, 0.2) is 0 Å². The van der Waals surface area contributed by atoms with Gasteiger partial charge in [-0.1, -0.05) is 26.0 Å². The van der Waals surface area contributed by atoms with Crippen molar-refractivity contribution in [2.24, 2.45) is 5.41 Å². The zero-order valence-electron chi connectivity index (χ0n) is 10.8. The van der Waals surface area contributed by atoms with E-state index in [1.54, 1.807) is 32.3 Å². The highest BCUT2D eigenvalue weighted by Crippen LogP contribution is 2.27. The van der Waals surface area contributed by atoms with Crippen molar-refractivity contribution in [3.8, 4) is 0 Å². The van der Waals surface area contributed by atoms with Crippen molar-refractivity contribution >= 4 is 5.97 Å². The predicted octanol–water partition coefficient (Wildman–Crippen LogP) is 3.03. The number of aliphatic carboxylic acids is 1. The van der Waals surface area contributed by atoms with Gasteiger partial charge in [-0.3, -0.25) is 9.78 Å². The van der Waals surface area contributed by atoms with Crippen LogP contribution in [0.5, 0.6) is 0 Å². The highest BCUT2D eigenvalue weighted by atomic mass is 16.4. The molecule has 0 aliphatic carbocycles. The second-order valence-electron chi connectivity index (χ2n) is 5.32. The van der Waals surface area contributed by atoms with Crippen molar-refractivity contribution in [2.75, 3.05) is 0 Å². The Morgan fingerprint density at radius 1 is 1.18 bits per heavy atom. The van der Waals surface area contributed by atoms with E-state index >= 15 is 0 Å². The molecular weight excluding hydrogens is 214 g/mol. The number of pyridine rings is 1. The molecule has 1 N–H and O–H groups in total. The van der Waals surface area contributed by atoms with Crippen molar-refractivity contribution in [3.63, 3.8) is 0 Å². The lowest BCUT2D eigenvalue weighted by molar-refractivity contribution is -0.144. The molecule has 92 valence electrons. The average Bonchev–Trinajstić information content (AvgIpc) is 2.28. The highest BCUT2D eigenvalue weighted by molar-refractivity contribution is 5.76. The van der Waals surface area contributed by atoms with Crippen LogP contribution in [-0.2, 0) is 10.2 Å². The molecule has 1 heterocycles. The van der Waals surface area contributed by atoms with Gasteiger partial charge in [0.25, 0.3) is 0 Å². The number of nitrogens with zero attached hydrogens (tertiary/aromatic N) is 1. The first-order chi connectivity index (χ1) is 7.76. The fourth-order valence-electron chi connectivity index (χ4n) is 1.37. The SMILES string of the molecule is CC(C)(/C=C/C(C)(C)c1ccncc1)C(=O)O. The fraction of sp³-hybridized carbons (Fsp3) is 0.429. The molecular formula is C14H19NO2. The van der Waals surface area contributed by atoms with Crippen molar-refractivity contribution in [1.82, 2.24) is 4.98 Å². The van der Waals surface area contributed by atoms with Gasteiger partial charge < -0.3 is 5.11 Å². The van der Waals surface area contributed by atoms with Crippen LogP contribution in [-0.4, -0.2) is 16.1 Å². The molecule has 0 atom stereocenters. The van der Waals surface area contributed by atoms with E-state index in [9.17, 15) is 4.79 Å². The fourth-order valence-corrected chi connectivity index (χ4v) is 1.37. The van der Waals surface area contributed by atoms with Crippen molar-refractivity contribution in [2.45, 2.75) is 33.1 Å². The minimum absolute atomic E-state index is 0.199. The first-order valence-electron chi connectivity index (χ1n) is 5.60. The number of allylic oxidation sites excluding steroid dienone is 1. The molecule has 1 aromatic heterocycles. The monoisotopic (exact) mass is 233 g/mol. The molecule has 1 rings (SSSR count). The quantitative estimate of drug-likeness (QED) is 0.813. The van der Waals surface area contributed by atoms with Crippen molar-refractivity contribution < 1.29 is 9.90 Å². The van der Waals surface area contributed by atoms with Crippen LogP contribution in [0.15, 0.2) is 36.7 Å². The number of aromatic nitrogens is 1. The molecule has 0 fully saturated rings. The molecule has 0 aliphatic rings. The Kier molecular flexibility index (Phi) is 3.71. The third-order valence-electron chi connectivity index (χ3n) is 2.89. The van der Waals surface area contributed by atoms with Gasteiger partial charge in [-0.25, -0.2) is 0 Å². The molecule has 0 saturated carbocycles. The molecule has 1 aromatic rings. The van der Waals surface area contributed by atoms with Gasteiger partial charge >= 0.3 is 5.97 Å². The molecule has 17 heavy (non-hydrogen) atoms. The number of hydrogen-bond acceptors (Lipinski definition) is 2. The Morgan fingerprint density at radius 2 is 1.71 bits per heavy atom. The molecule has 0 spiro atoms. The van der Waals surface area contributed by atoms with Gasteiger partial charge in [-0.05, 0) is 31.5 Å². The van der Waals surface area contributed by atoms with Crippen LogP contribution >= 0.6 is 0 Å². The van der Waals surface area contributed by atoms with Gasteiger partial charge in [0.05, 0.1) is 5.41 Å². The Labute approximate surface area is 102 Å². The van der Waals surface area contributed by atoms with Crippen LogP contribution in [0.25, 0.3) is 0 Å². The standard InChI is InChI=1S/C14H19NO2/c1-13(2,11-5-9-15-10-6-11)7-8-14(3,4)12(16)17/h5-10H,1-4H3,(H,16,17)/b8-7+. The van der Waals surface area contributed by atoms with Gasteiger partial charge in [0.1, 0.15) is 0 Å². The van der Waals surface area contributed by atoms with Gasteiger partial charge in [-0.2, -0.15) is 0 Å². The number of hydrogen-bond donors (Lipinski definition) is 1. The summed E-state index contributed by atoms with van der Waals surface area (Å²) >= 11 is 0. The summed E-state index contributed by atoms with van der Waals surface area (Å²) in [7, 11) is 0. The number of rotatable bonds is 4. The Hall–Kier alpha value is -1.64. The smallest absolute Gasteiger partial charge is 0.312 e. The third kappa shape index (κ3) is 3.41. The lowest BCUT2D eigenvalue weighted by atomic mass is 9.82. The van der Waals surface area contributed by atoms with E-state index in [0.717, 1.165) is 5.56 Å². The summed E-state index contributed by atoms with van der Waals surface area (Å²) in [6.07, 6.45) is 7.17. The Morgan fingerprint density at radius 3 is 2.18 bits per heavy atom. The van der Waals surface area contributed by atoms with E-state index in [1.807, 2.05) is 18.2 Å². The summed E-state index contributed by atoms with van der Waals surface area (Å²) < 4.78 is 0. The van der Waals surface area contributed by atoms with Crippen LogP contribution in [0.1, 0.15) is 33.3 Å². The molecule has 3 nitrogen and oxygen atoms in total. The summed E-state index contributed by atoms with van der Waals surface area (Å²) in [6, 6.07) is 3.89. The average molecular weight is 233 g/mol. The van der Waals surface area contributed by atoms with Crippen LogP contribution in [0.2, 0.25) is 0 Å². The van der Waals surface area contributed by atoms with E-state index in [2.05, 4.69) is 18.8 Å². The molecule has 0 aliphatic heterocycles. The van der Waals surface area contributed by atoms with Crippen LogP contribution < -0.4 is 0 Å². The van der Waals surface area contributed by atoms with Crippen molar-refractivity contribution in [3.05, 3.63) is 42.2 Å². The summed E-state index contributed by atoms with van der Waals surface area (Å²) in [6.45, 7) is 7.48. The van der Waals surface area contributed by atoms with Crippen LogP contribution in [0.4, 0.5) is 0 Å². The third-order valence-corrected chi connectivity index (χ3v) is 2.89. The minimum Gasteiger partial charge on any atom is -0.481 e. The predicted molar refractivity (Wildman–Crippen MR) is 67.8 cm³/mol. The summed E-state index contributed by atoms with van der Waals surface area (Å²) in [5, 5.41) is 9.05. The van der Waals surface area contributed by atoms with E-state index < -0.39 is 11.4 Å². The number of carboxylic acids is 1. The maximum atomic E-state index is 11.0. The molecule has 0 amide bonds. The minimum atomic E-state index is -0.843. The highest BCUT2D eigenvalue weighted by Gasteiger charge is 2.25. The molecule has 0 unspecified atom stereocenters. The van der Waals surface area contributed by atoms with E-state index in [4.69, 9.17) is 5.11 Å². The van der Waals surface area contributed by atoms with E-state index in [1.165, 1.54) is 0 Å². The maximum absolute atomic E-state index is 11.0. The van der Waals surface area contributed by atoms with Crippen LogP contribution in [0.3, 0.4) is 0 Å². The number of carboxylic acid groups (broad SMARTS) is 1. The van der Waals surface area contributed by atoms with E-state index in [-0.39, 0.29) is 5.41 Å². The summed E-state index contributed by atoms with van der Waals surface area (Å²) in [5.74, 6) is -0.820. The van der Waals surface area contributed by atoms with Crippen molar-refractivity contribution in [1.29, 1.82) is 0 Å². The second kappa shape index (κ2) is 4.70. The topological polar surface area (TPSA) is 50.2 Å². The normalized spacial score (nSPS) is 12.9. The second-order valence-corrected chi connectivity index (χ2v) is 5.32. The first-order valence-corrected chi connectivity index (χ1v) is 5.60. The lowest BCUT2D eigenvalue weighted by Crippen LogP contribution is -2.22. The van der Waals surface area contributed by atoms with Gasteiger partial charge in [0, 0.05) is 17.8 Å². The van der Waals surface area contributed by atoms with Gasteiger partial charge in [-0.15, -0.1) is 0 Å². The number of carbonyl (C=O) groups is 1. The maximum Gasteiger partial charge on any atom is 0.312 e. The largest absolute Gasteiger partial charge is 0.481 e. The Bertz CT molecular complexity index is 419. The summed E-state index contributed by atoms with van der Waals surface area (Å²) in [4.78, 5) is 15.0. The van der Waals surface area contributed by atoms with Crippen LogP contribution in [0, 0.1) is 5.41 Å². The molecule has 0 aromatic carbocycles. The molecule has 0 saturated heterocycles. The van der Waals surface area contributed by atoms with Gasteiger partial charge in [0.2, 0.25) is 0 Å². The molecule has 3 heteroatoms. The zero-order valence-corrected chi connectivity index (χ0v) is 10.8. The Balaban J connectivity index is 2.95. The molecule has 0 bridgehead atoms. The van der Waals surface area contributed by atoms with E-state index in [0.29, 0.717) is 0 Å². The molecule has 0 radical (unpaired) electrons. The summed E-state index contributed by atoms with van der Waals surface area (Å²) in [5.41, 5.74) is 0.0740. The first kappa shape index (κ1) is 13.4. The zero-order chi connectivity index (χ0) is 13.1. The lowest BCUT2D eigenvalue weighted by Gasteiger charge is -2.23.